The summed E-state index contributed by atoms with van der Waals surface area (Å²) >= 11 is 1.72. The van der Waals surface area contributed by atoms with Crippen LogP contribution in [0, 0.1) is 11.8 Å². The topological polar surface area (TPSA) is 38.3 Å². The highest BCUT2D eigenvalue weighted by molar-refractivity contribution is 7.10. The SMILES string of the molecule is COC(=O)C(NC(c1cccs1)C(C)C)C(C)C. The molecular weight excluding hydrogens is 246 g/mol. The number of hydrogen-bond donors (Lipinski definition) is 1. The molecule has 0 aromatic carbocycles. The molecule has 18 heavy (non-hydrogen) atoms. The molecule has 0 aliphatic heterocycles. The number of nitrogens with one attached hydrogen (secondary N) is 1. The Morgan fingerprint density at radius 2 is 1.94 bits per heavy atom. The summed E-state index contributed by atoms with van der Waals surface area (Å²) in [5.41, 5.74) is 0. The van der Waals surface area contributed by atoms with Crippen LogP contribution in [-0.4, -0.2) is 19.1 Å². The van der Waals surface area contributed by atoms with Gasteiger partial charge in [0.05, 0.1) is 7.11 Å². The monoisotopic (exact) mass is 269 g/mol. The molecular formula is C14H23NO2S. The number of rotatable bonds is 6. The lowest BCUT2D eigenvalue weighted by atomic mass is 9.97. The standard InChI is InChI=1S/C14H23NO2S/c1-9(2)12(11-7-6-8-18-11)15-13(10(3)4)14(16)17-5/h6-10,12-13,15H,1-5H3. The van der Waals surface area contributed by atoms with E-state index in [1.807, 2.05) is 19.9 Å². The largest absolute Gasteiger partial charge is 0.468 e. The van der Waals surface area contributed by atoms with Gasteiger partial charge in [0.1, 0.15) is 6.04 Å². The number of hydrogen-bond acceptors (Lipinski definition) is 4. The molecule has 0 radical (unpaired) electrons. The maximum atomic E-state index is 11.8. The quantitative estimate of drug-likeness (QED) is 0.806. The van der Waals surface area contributed by atoms with Crippen molar-refractivity contribution in [3.8, 4) is 0 Å². The summed E-state index contributed by atoms with van der Waals surface area (Å²) in [7, 11) is 1.44. The van der Waals surface area contributed by atoms with Gasteiger partial charge < -0.3 is 4.74 Å². The lowest BCUT2D eigenvalue weighted by Gasteiger charge is -2.28. The fraction of sp³-hybridized carbons (Fsp3) is 0.643. The Hall–Kier alpha value is -0.870. The van der Waals surface area contributed by atoms with E-state index in [1.165, 1.54) is 12.0 Å². The summed E-state index contributed by atoms with van der Waals surface area (Å²) in [6.45, 7) is 8.37. The fourth-order valence-corrected chi connectivity index (χ4v) is 2.88. The highest BCUT2D eigenvalue weighted by atomic mass is 32.1. The molecule has 1 aromatic rings. The van der Waals surface area contributed by atoms with Crippen LogP contribution in [0.3, 0.4) is 0 Å². The van der Waals surface area contributed by atoms with Gasteiger partial charge in [0, 0.05) is 10.9 Å². The molecule has 1 N–H and O–H groups in total. The minimum Gasteiger partial charge on any atom is -0.468 e. The van der Waals surface area contributed by atoms with Crippen LogP contribution in [0.25, 0.3) is 0 Å². The zero-order chi connectivity index (χ0) is 13.7. The van der Waals surface area contributed by atoms with E-state index in [9.17, 15) is 4.79 Å². The molecule has 1 rings (SSSR count). The maximum absolute atomic E-state index is 11.8. The van der Waals surface area contributed by atoms with Crippen LogP contribution in [0.4, 0.5) is 0 Å². The maximum Gasteiger partial charge on any atom is 0.323 e. The Morgan fingerprint density at radius 1 is 1.28 bits per heavy atom. The summed E-state index contributed by atoms with van der Waals surface area (Å²) in [6.07, 6.45) is 0. The van der Waals surface area contributed by atoms with Gasteiger partial charge in [-0.05, 0) is 23.3 Å². The molecule has 2 atom stereocenters. The van der Waals surface area contributed by atoms with Crippen LogP contribution in [0.15, 0.2) is 17.5 Å². The number of methoxy groups -OCH3 is 1. The van der Waals surface area contributed by atoms with Gasteiger partial charge in [-0.25, -0.2) is 0 Å². The van der Waals surface area contributed by atoms with Crippen molar-refractivity contribution in [3.63, 3.8) is 0 Å². The van der Waals surface area contributed by atoms with E-state index in [2.05, 4.69) is 30.6 Å². The molecule has 0 saturated heterocycles. The van der Waals surface area contributed by atoms with E-state index in [4.69, 9.17) is 4.74 Å². The second kappa shape index (κ2) is 6.90. The van der Waals surface area contributed by atoms with Crippen molar-refractivity contribution in [3.05, 3.63) is 22.4 Å². The van der Waals surface area contributed by atoms with Crippen LogP contribution in [0.1, 0.15) is 38.6 Å². The lowest BCUT2D eigenvalue weighted by molar-refractivity contribution is -0.144. The van der Waals surface area contributed by atoms with E-state index >= 15 is 0 Å². The van der Waals surface area contributed by atoms with Crippen molar-refractivity contribution in [2.24, 2.45) is 11.8 Å². The number of ether oxygens (including phenoxy) is 1. The molecule has 1 heterocycles. The third kappa shape index (κ3) is 3.82. The first kappa shape index (κ1) is 15.2. The van der Waals surface area contributed by atoms with E-state index in [-0.39, 0.29) is 24.0 Å². The average molecular weight is 269 g/mol. The Bertz CT molecular complexity index is 360. The van der Waals surface area contributed by atoms with E-state index in [1.54, 1.807) is 11.3 Å². The molecule has 0 bridgehead atoms. The molecule has 1 aromatic heterocycles. The van der Waals surface area contributed by atoms with E-state index in [0.717, 1.165) is 0 Å². The first-order valence-electron chi connectivity index (χ1n) is 6.34. The van der Waals surface area contributed by atoms with Gasteiger partial charge in [0.2, 0.25) is 0 Å². The predicted octanol–water partition coefficient (Wildman–Crippen LogP) is 3.23. The van der Waals surface area contributed by atoms with Gasteiger partial charge >= 0.3 is 5.97 Å². The van der Waals surface area contributed by atoms with E-state index < -0.39 is 0 Å². The second-order valence-corrected chi connectivity index (χ2v) is 6.13. The molecule has 0 spiro atoms. The Labute approximate surface area is 114 Å². The van der Waals surface area contributed by atoms with Crippen molar-refractivity contribution >= 4 is 17.3 Å². The summed E-state index contributed by atoms with van der Waals surface area (Å²) in [4.78, 5) is 13.1. The van der Waals surface area contributed by atoms with Gasteiger partial charge in [-0.15, -0.1) is 11.3 Å². The molecule has 2 unspecified atom stereocenters. The van der Waals surface area contributed by atoms with Gasteiger partial charge in [0.15, 0.2) is 0 Å². The first-order valence-corrected chi connectivity index (χ1v) is 7.22. The molecule has 0 saturated carbocycles. The predicted molar refractivity (Wildman–Crippen MR) is 75.7 cm³/mol. The zero-order valence-corrected chi connectivity index (χ0v) is 12.6. The number of carbonyl (C=O) groups is 1. The summed E-state index contributed by atoms with van der Waals surface area (Å²) in [6, 6.07) is 4.08. The smallest absolute Gasteiger partial charge is 0.323 e. The molecule has 0 amide bonds. The minimum absolute atomic E-state index is 0.188. The van der Waals surface area contributed by atoms with Crippen LogP contribution in [0.2, 0.25) is 0 Å². The molecule has 0 aliphatic rings. The third-order valence-corrected chi connectivity index (χ3v) is 3.95. The number of esters is 1. The summed E-state index contributed by atoms with van der Waals surface area (Å²) < 4.78 is 4.87. The van der Waals surface area contributed by atoms with Gasteiger partial charge in [-0.3, -0.25) is 10.1 Å². The van der Waals surface area contributed by atoms with Crippen LogP contribution < -0.4 is 5.32 Å². The molecule has 4 heteroatoms. The Kier molecular flexibility index (Phi) is 5.82. The highest BCUT2D eigenvalue weighted by Crippen LogP contribution is 2.27. The van der Waals surface area contributed by atoms with Crippen molar-refractivity contribution in [2.45, 2.75) is 39.8 Å². The Morgan fingerprint density at radius 3 is 2.33 bits per heavy atom. The van der Waals surface area contributed by atoms with E-state index in [0.29, 0.717) is 5.92 Å². The number of thiophene rings is 1. The fourth-order valence-electron chi connectivity index (χ4n) is 1.92. The van der Waals surface area contributed by atoms with Crippen molar-refractivity contribution < 1.29 is 9.53 Å². The minimum atomic E-state index is -0.260. The van der Waals surface area contributed by atoms with Gasteiger partial charge in [0.25, 0.3) is 0 Å². The first-order chi connectivity index (χ1) is 8.47. The molecule has 0 fully saturated rings. The molecule has 102 valence electrons. The third-order valence-electron chi connectivity index (χ3n) is 3.00. The summed E-state index contributed by atoms with van der Waals surface area (Å²) in [5, 5.41) is 5.51. The average Bonchev–Trinajstić information content (AvgIpc) is 2.81. The van der Waals surface area contributed by atoms with Crippen molar-refractivity contribution in [1.29, 1.82) is 0 Å². The number of carbonyl (C=O) groups excluding carboxylic acids is 1. The van der Waals surface area contributed by atoms with Gasteiger partial charge in [-0.2, -0.15) is 0 Å². The zero-order valence-electron chi connectivity index (χ0n) is 11.8. The lowest BCUT2D eigenvalue weighted by Crippen LogP contribution is -2.44. The van der Waals surface area contributed by atoms with Gasteiger partial charge in [-0.1, -0.05) is 33.8 Å². The van der Waals surface area contributed by atoms with Crippen LogP contribution in [0.5, 0.6) is 0 Å². The molecule has 0 aliphatic carbocycles. The normalized spacial score (nSPS) is 14.8. The Balaban J connectivity index is 2.85. The second-order valence-electron chi connectivity index (χ2n) is 5.15. The van der Waals surface area contributed by atoms with Crippen molar-refractivity contribution in [2.75, 3.05) is 7.11 Å². The summed E-state index contributed by atoms with van der Waals surface area (Å²) in [5.74, 6) is 0.445. The van der Waals surface area contributed by atoms with Crippen LogP contribution in [-0.2, 0) is 9.53 Å². The van der Waals surface area contributed by atoms with Crippen LogP contribution >= 0.6 is 11.3 Å². The highest BCUT2D eigenvalue weighted by Gasteiger charge is 2.28. The molecule has 3 nitrogen and oxygen atoms in total. The van der Waals surface area contributed by atoms with Crippen molar-refractivity contribution in [1.82, 2.24) is 5.32 Å².